The number of thioether (sulfide) groups is 1. The molecule has 0 unspecified atom stereocenters. The highest BCUT2D eigenvalue weighted by Gasteiger charge is 2.30. The average Bonchev–Trinajstić information content (AvgIpc) is 2.92. The van der Waals surface area contributed by atoms with Crippen LogP contribution in [0.4, 0.5) is 0 Å². The Morgan fingerprint density at radius 3 is 2.27 bits per heavy atom. The minimum absolute atomic E-state index is 0.0481. The Morgan fingerprint density at radius 1 is 0.946 bits per heavy atom. The van der Waals surface area contributed by atoms with Crippen LogP contribution in [0.3, 0.4) is 0 Å². The number of carbonyl (C=O) groups is 2. The number of halogens is 1. The van der Waals surface area contributed by atoms with E-state index in [2.05, 4.69) is 28.2 Å². The number of nitrogens with one attached hydrogen (secondary N) is 1. The van der Waals surface area contributed by atoms with Crippen molar-refractivity contribution in [2.75, 3.05) is 19.4 Å². The van der Waals surface area contributed by atoms with E-state index in [0.29, 0.717) is 25.3 Å². The number of hydrogen-bond donors (Lipinski definition) is 1. The summed E-state index contributed by atoms with van der Waals surface area (Å²) in [6.45, 7) is 3.07. The van der Waals surface area contributed by atoms with Crippen molar-refractivity contribution in [2.24, 2.45) is 0 Å². The van der Waals surface area contributed by atoms with Crippen LogP contribution in [0.25, 0.3) is 0 Å². The second-order valence-electron chi connectivity index (χ2n) is 8.84. The van der Waals surface area contributed by atoms with E-state index in [1.165, 1.54) is 0 Å². The van der Waals surface area contributed by atoms with Gasteiger partial charge >= 0.3 is 0 Å². The van der Waals surface area contributed by atoms with Crippen LogP contribution in [0.5, 0.6) is 5.75 Å². The van der Waals surface area contributed by atoms with Crippen molar-refractivity contribution in [3.05, 3.63) is 100 Å². The van der Waals surface area contributed by atoms with E-state index >= 15 is 0 Å². The van der Waals surface area contributed by atoms with Gasteiger partial charge in [0, 0.05) is 29.7 Å². The first kappa shape index (κ1) is 28.8. The molecule has 0 spiro atoms. The van der Waals surface area contributed by atoms with Gasteiger partial charge in [-0.05, 0) is 47.4 Å². The molecule has 0 radical (unpaired) electrons. The number of ether oxygens (including phenoxy) is 1. The monoisotopic (exact) mass is 582 g/mol. The van der Waals surface area contributed by atoms with Crippen LogP contribution in [0.2, 0.25) is 0 Å². The van der Waals surface area contributed by atoms with E-state index in [1.807, 2.05) is 78.9 Å². The lowest BCUT2D eigenvalue weighted by molar-refractivity contribution is -0.139. The van der Waals surface area contributed by atoms with Crippen molar-refractivity contribution in [3.8, 4) is 5.75 Å². The van der Waals surface area contributed by atoms with Gasteiger partial charge in [-0.15, -0.1) is 11.8 Å². The Bertz CT molecular complexity index is 1110. The lowest BCUT2D eigenvalue weighted by Crippen LogP contribution is -2.51. The zero-order chi connectivity index (χ0) is 26.5. The molecule has 0 aromatic heterocycles. The van der Waals surface area contributed by atoms with Gasteiger partial charge in [-0.1, -0.05) is 83.9 Å². The van der Waals surface area contributed by atoms with Crippen molar-refractivity contribution in [1.29, 1.82) is 0 Å². The summed E-state index contributed by atoms with van der Waals surface area (Å²) in [5.74, 6) is 1.64. The molecule has 1 N–H and O–H groups in total. The van der Waals surface area contributed by atoms with Crippen LogP contribution in [0.15, 0.2) is 83.3 Å². The van der Waals surface area contributed by atoms with Gasteiger partial charge in [-0.2, -0.15) is 0 Å². The number of rotatable bonds is 14. The van der Waals surface area contributed by atoms with Crippen molar-refractivity contribution >= 4 is 39.5 Å². The summed E-state index contributed by atoms with van der Waals surface area (Å²) in [5, 5.41) is 3.07. The molecule has 0 saturated heterocycles. The van der Waals surface area contributed by atoms with E-state index < -0.39 is 6.04 Å². The minimum atomic E-state index is -0.600. The third-order valence-corrected chi connectivity index (χ3v) is 7.54. The molecule has 3 aromatic rings. The maximum Gasteiger partial charge on any atom is 0.243 e. The third kappa shape index (κ3) is 9.56. The van der Waals surface area contributed by atoms with Gasteiger partial charge in [0.15, 0.2) is 0 Å². The Labute approximate surface area is 233 Å². The van der Waals surface area contributed by atoms with Crippen LogP contribution >= 0.6 is 27.7 Å². The smallest absolute Gasteiger partial charge is 0.243 e. The van der Waals surface area contributed by atoms with Gasteiger partial charge in [0.25, 0.3) is 0 Å². The summed E-state index contributed by atoms with van der Waals surface area (Å²) in [6.07, 6.45) is 2.36. The molecule has 37 heavy (non-hydrogen) atoms. The first-order chi connectivity index (χ1) is 18.0. The quantitative estimate of drug-likeness (QED) is 0.228. The summed E-state index contributed by atoms with van der Waals surface area (Å²) in [6, 6.07) is 25.1. The van der Waals surface area contributed by atoms with Crippen molar-refractivity contribution in [2.45, 2.75) is 44.5 Å². The molecule has 7 heteroatoms. The first-order valence-corrected chi connectivity index (χ1v) is 14.5. The van der Waals surface area contributed by atoms with Gasteiger partial charge in [0.2, 0.25) is 11.8 Å². The van der Waals surface area contributed by atoms with Gasteiger partial charge in [0.1, 0.15) is 11.8 Å². The zero-order valence-electron chi connectivity index (χ0n) is 21.5. The lowest BCUT2D eigenvalue weighted by atomic mass is 10.0. The highest BCUT2D eigenvalue weighted by Crippen LogP contribution is 2.21. The van der Waals surface area contributed by atoms with E-state index in [1.54, 1.807) is 23.8 Å². The standard InChI is InChI=1S/C30H35BrN2O3S/c1-3-4-18-32-30(35)28(19-23-8-6-5-7-9-23)33(20-24-10-14-26(31)15-11-24)29(34)22-37-21-25-12-16-27(36-2)17-13-25/h5-17,28H,3-4,18-22H2,1-2H3,(H,32,35)/t28-/m0/s1. The highest BCUT2D eigenvalue weighted by atomic mass is 79.9. The van der Waals surface area contributed by atoms with E-state index in [0.717, 1.165) is 39.8 Å². The van der Waals surface area contributed by atoms with Gasteiger partial charge in [0.05, 0.1) is 12.9 Å². The Hall–Kier alpha value is -2.77. The summed E-state index contributed by atoms with van der Waals surface area (Å²) in [7, 11) is 1.65. The number of unbranched alkanes of at least 4 members (excludes halogenated alkanes) is 1. The SMILES string of the molecule is CCCCNC(=O)[C@H](Cc1ccccc1)N(Cc1ccc(Br)cc1)C(=O)CSCc1ccc(OC)cc1. The van der Waals surface area contributed by atoms with Crippen molar-refractivity contribution < 1.29 is 14.3 Å². The number of hydrogen-bond acceptors (Lipinski definition) is 4. The van der Waals surface area contributed by atoms with E-state index in [9.17, 15) is 9.59 Å². The Morgan fingerprint density at radius 2 is 1.62 bits per heavy atom. The number of carbonyl (C=O) groups excluding carboxylic acids is 2. The molecule has 196 valence electrons. The predicted molar refractivity (Wildman–Crippen MR) is 156 cm³/mol. The molecule has 1 atom stereocenters. The van der Waals surface area contributed by atoms with Gasteiger partial charge < -0.3 is 15.0 Å². The molecule has 2 amide bonds. The molecule has 0 fully saturated rings. The number of benzene rings is 3. The Balaban J connectivity index is 1.80. The highest BCUT2D eigenvalue weighted by molar-refractivity contribution is 9.10. The van der Waals surface area contributed by atoms with Crippen LogP contribution in [0, 0.1) is 0 Å². The predicted octanol–water partition coefficient (Wildman–Crippen LogP) is 6.25. The maximum absolute atomic E-state index is 13.7. The zero-order valence-corrected chi connectivity index (χ0v) is 23.9. The average molecular weight is 584 g/mol. The molecular weight excluding hydrogens is 548 g/mol. The fourth-order valence-electron chi connectivity index (χ4n) is 3.91. The molecule has 0 aliphatic rings. The maximum atomic E-state index is 13.7. The van der Waals surface area contributed by atoms with Gasteiger partial charge in [-0.25, -0.2) is 0 Å². The molecular formula is C30H35BrN2O3S. The van der Waals surface area contributed by atoms with Crippen molar-refractivity contribution in [3.63, 3.8) is 0 Å². The molecule has 0 bridgehead atoms. The molecule has 5 nitrogen and oxygen atoms in total. The topological polar surface area (TPSA) is 58.6 Å². The minimum Gasteiger partial charge on any atom is -0.497 e. The Kier molecular flexibility index (Phi) is 12.0. The second kappa shape index (κ2) is 15.5. The molecule has 3 aromatic carbocycles. The van der Waals surface area contributed by atoms with Crippen LogP contribution in [-0.4, -0.2) is 42.2 Å². The van der Waals surface area contributed by atoms with Crippen LogP contribution in [-0.2, 0) is 28.3 Å². The van der Waals surface area contributed by atoms with E-state index in [-0.39, 0.29) is 17.6 Å². The largest absolute Gasteiger partial charge is 0.497 e. The summed E-state index contributed by atoms with van der Waals surface area (Å²) < 4.78 is 6.21. The number of nitrogens with zero attached hydrogens (tertiary/aromatic N) is 1. The molecule has 0 aliphatic heterocycles. The lowest BCUT2D eigenvalue weighted by Gasteiger charge is -2.31. The fraction of sp³-hybridized carbons (Fsp3) is 0.333. The third-order valence-electron chi connectivity index (χ3n) is 6.02. The summed E-state index contributed by atoms with van der Waals surface area (Å²) in [4.78, 5) is 28.9. The number of methoxy groups -OCH3 is 1. The van der Waals surface area contributed by atoms with Gasteiger partial charge in [-0.3, -0.25) is 9.59 Å². The summed E-state index contributed by atoms with van der Waals surface area (Å²) in [5.41, 5.74) is 3.13. The van der Waals surface area contributed by atoms with Crippen LogP contribution in [0.1, 0.15) is 36.5 Å². The molecule has 0 aliphatic carbocycles. The first-order valence-electron chi connectivity index (χ1n) is 12.6. The normalized spacial score (nSPS) is 11.5. The summed E-state index contributed by atoms with van der Waals surface area (Å²) >= 11 is 5.04. The second-order valence-corrected chi connectivity index (χ2v) is 10.7. The molecule has 3 rings (SSSR count). The molecule has 0 saturated carbocycles. The molecule has 0 heterocycles. The van der Waals surface area contributed by atoms with Crippen LogP contribution < -0.4 is 10.1 Å². The van der Waals surface area contributed by atoms with E-state index in [4.69, 9.17) is 4.74 Å². The number of amides is 2. The van der Waals surface area contributed by atoms with Crippen molar-refractivity contribution in [1.82, 2.24) is 10.2 Å². The fourth-order valence-corrected chi connectivity index (χ4v) is 5.04.